The first-order valence-electron chi connectivity index (χ1n) is 14.7. The molecule has 2 aromatic carbocycles. The average molecular weight is 624 g/mol. The summed E-state index contributed by atoms with van der Waals surface area (Å²) in [6, 6.07) is 20.1. The van der Waals surface area contributed by atoms with Gasteiger partial charge in [0.05, 0.1) is 29.1 Å². The van der Waals surface area contributed by atoms with Gasteiger partial charge in [-0.2, -0.15) is 0 Å². The fourth-order valence-corrected chi connectivity index (χ4v) is 7.72. The Morgan fingerprint density at radius 2 is 1.95 bits per heavy atom. The summed E-state index contributed by atoms with van der Waals surface area (Å²) in [6.45, 7) is 8.70. The van der Waals surface area contributed by atoms with E-state index in [0.717, 1.165) is 57.4 Å². The smallest absolute Gasteiger partial charge is 0.341 e. The van der Waals surface area contributed by atoms with Crippen molar-refractivity contribution in [3.05, 3.63) is 89.3 Å². The van der Waals surface area contributed by atoms with Gasteiger partial charge in [0.25, 0.3) is 0 Å². The number of nitrogens with zero attached hydrogens (tertiary/aromatic N) is 4. The Kier molecular flexibility index (Phi) is 8.90. The zero-order chi connectivity index (χ0) is 30.6. The third-order valence-electron chi connectivity index (χ3n) is 7.63. The first-order chi connectivity index (χ1) is 21.5. The molecule has 6 rings (SSSR count). The van der Waals surface area contributed by atoms with Crippen LogP contribution < -0.4 is 5.32 Å². The Morgan fingerprint density at radius 3 is 2.75 bits per heavy atom. The van der Waals surface area contributed by atoms with Crippen molar-refractivity contribution in [2.75, 3.05) is 17.7 Å². The molecule has 0 bridgehead atoms. The van der Waals surface area contributed by atoms with Crippen LogP contribution in [0.3, 0.4) is 0 Å². The van der Waals surface area contributed by atoms with Crippen LogP contribution in [0.25, 0.3) is 33.5 Å². The van der Waals surface area contributed by atoms with Crippen molar-refractivity contribution in [3.8, 4) is 22.6 Å². The first kappa shape index (κ1) is 29.8. The maximum atomic E-state index is 13.3. The molecule has 224 valence electrons. The van der Waals surface area contributed by atoms with Crippen LogP contribution in [0.5, 0.6) is 0 Å². The maximum absolute atomic E-state index is 13.3. The summed E-state index contributed by atoms with van der Waals surface area (Å²) in [7, 11) is 0. The summed E-state index contributed by atoms with van der Waals surface area (Å²) in [5.74, 6) is 0.721. The molecule has 1 atom stereocenters. The van der Waals surface area contributed by atoms with Gasteiger partial charge in [-0.3, -0.25) is 9.36 Å². The molecular weight excluding hydrogens is 591 g/mol. The number of ether oxygens (including phenoxy) is 1. The van der Waals surface area contributed by atoms with Gasteiger partial charge in [-0.15, -0.1) is 28.1 Å². The molecule has 44 heavy (non-hydrogen) atoms. The molecular formula is C34H33N5O3S2. The lowest BCUT2D eigenvalue weighted by Gasteiger charge is -2.18. The molecule has 1 amide bonds. The third-order valence-corrected chi connectivity index (χ3v) is 9.77. The van der Waals surface area contributed by atoms with Crippen LogP contribution in [0.2, 0.25) is 0 Å². The molecule has 10 heteroatoms. The number of aromatic nitrogens is 4. The van der Waals surface area contributed by atoms with Crippen LogP contribution in [0.4, 0.5) is 5.00 Å². The molecule has 8 nitrogen and oxygen atoms in total. The average Bonchev–Trinajstić information content (AvgIpc) is 3.60. The number of para-hydroxylation sites is 1. The topological polar surface area (TPSA) is 99.0 Å². The third kappa shape index (κ3) is 6.05. The molecule has 3 aromatic heterocycles. The summed E-state index contributed by atoms with van der Waals surface area (Å²) in [5.41, 5.74) is 5.13. The zero-order valence-corrected chi connectivity index (χ0v) is 26.3. The number of pyridine rings is 1. The van der Waals surface area contributed by atoms with Crippen LogP contribution in [0, 0.1) is 5.92 Å². The van der Waals surface area contributed by atoms with Crippen LogP contribution in [0.15, 0.2) is 78.5 Å². The predicted molar refractivity (Wildman–Crippen MR) is 177 cm³/mol. The molecule has 0 saturated carbocycles. The molecule has 5 aromatic rings. The van der Waals surface area contributed by atoms with Gasteiger partial charge in [0.15, 0.2) is 11.0 Å². The number of hydrogen-bond donors (Lipinski definition) is 1. The number of nitrogens with one attached hydrogen (secondary N) is 1. The Hall–Kier alpha value is -4.28. The van der Waals surface area contributed by atoms with E-state index < -0.39 is 0 Å². The molecule has 1 N–H and O–H groups in total. The van der Waals surface area contributed by atoms with E-state index in [1.165, 1.54) is 23.1 Å². The number of benzene rings is 2. The summed E-state index contributed by atoms with van der Waals surface area (Å²) >= 11 is 2.79. The van der Waals surface area contributed by atoms with Gasteiger partial charge in [0, 0.05) is 27.9 Å². The van der Waals surface area contributed by atoms with Crippen LogP contribution >= 0.6 is 23.1 Å². The molecule has 0 spiro atoms. The van der Waals surface area contributed by atoms with Gasteiger partial charge in [0.1, 0.15) is 5.00 Å². The minimum Gasteiger partial charge on any atom is -0.462 e. The predicted octanol–water partition coefficient (Wildman–Crippen LogP) is 7.44. The monoisotopic (exact) mass is 623 g/mol. The van der Waals surface area contributed by atoms with E-state index >= 15 is 0 Å². The highest BCUT2D eigenvalue weighted by atomic mass is 32.2. The van der Waals surface area contributed by atoms with E-state index in [4.69, 9.17) is 9.72 Å². The Balaban J connectivity index is 1.28. The molecule has 0 radical (unpaired) electrons. The van der Waals surface area contributed by atoms with Gasteiger partial charge < -0.3 is 10.1 Å². The summed E-state index contributed by atoms with van der Waals surface area (Å²) in [4.78, 5) is 32.2. The Labute approximate surface area is 264 Å². The second kappa shape index (κ2) is 13.2. The van der Waals surface area contributed by atoms with Gasteiger partial charge in [0.2, 0.25) is 5.91 Å². The van der Waals surface area contributed by atoms with Crippen molar-refractivity contribution in [1.29, 1.82) is 0 Å². The second-order valence-electron chi connectivity index (χ2n) is 10.8. The minimum absolute atomic E-state index is 0.100. The van der Waals surface area contributed by atoms with Crippen molar-refractivity contribution >= 4 is 50.9 Å². The number of esters is 1. The molecule has 1 aliphatic carbocycles. The quantitative estimate of drug-likeness (QED) is 0.0981. The molecule has 1 aliphatic rings. The van der Waals surface area contributed by atoms with Crippen molar-refractivity contribution in [2.45, 2.75) is 44.8 Å². The van der Waals surface area contributed by atoms with E-state index in [1.807, 2.05) is 65.2 Å². The van der Waals surface area contributed by atoms with Crippen LogP contribution in [-0.4, -0.2) is 44.0 Å². The Bertz CT molecular complexity index is 1850. The highest BCUT2D eigenvalue weighted by Crippen LogP contribution is 2.40. The molecule has 0 fully saturated rings. The second-order valence-corrected chi connectivity index (χ2v) is 12.8. The van der Waals surface area contributed by atoms with Gasteiger partial charge in [-0.25, -0.2) is 9.78 Å². The highest BCUT2D eigenvalue weighted by Gasteiger charge is 2.29. The van der Waals surface area contributed by atoms with E-state index in [2.05, 4.69) is 29.0 Å². The summed E-state index contributed by atoms with van der Waals surface area (Å²) in [6.07, 6.45) is 4.52. The Morgan fingerprint density at radius 1 is 1.16 bits per heavy atom. The normalized spacial score (nSPS) is 14.3. The summed E-state index contributed by atoms with van der Waals surface area (Å²) in [5, 5.41) is 14.2. The van der Waals surface area contributed by atoms with Crippen molar-refractivity contribution in [2.24, 2.45) is 5.92 Å². The number of anilines is 1. The number of thioether (sulfide) groups is 1. The van der Waals surface area contributed by atoms with E-state index in [1.54, 1.807) is 13.0 Å². The van der Waals surface area contributed by atoms with Gasteiger partial charge in [-0.05, 0) is 49.8 Å². The number of rotatable bonds is 10. The largest absolute Gasteiger partial charge is 0.462 e. The van der Waals surface area contributed by atoms with Crippen LogP contribution in [-0.2, 0) is 28.9 Å². The number of hydrogen-bond acceptors (Lipinski definition) is 8. The lowest BCUT2D eigenvalue weighted by atomic mass is 9.88. The number of carbonyl (C=O) groups is 2. The number of thiophene rings is 1. The lowest BCUT2D eigenvalue weighted by molar-refractivity contribution is -0.113. The SMILES string of the molecule is C=CCn1c(SCC(=O)Nc2sc3c(c2C(=O)OCC)CCC(C)C3)nnc1-c1cc(-c2ccccc2)nc2ccccc12. The van der Waals surface area contributed by atoms with Crippen LogP contribution in [0.1, 0.15) is 41.1 Å². The number of allylic oxidation sites excluding steroid dienone is 1. The molecule has 3 heterocycles. The standard InChI is InChI=1S/C34H33N5O3S2/c1-4-17-39-31(25-19-27(22-11-7-6-8-12-22)35-26-14-10-9-13-23(25)26)37-38-34(39)43-20-29(40)36-32-30(33(41)42-5-2)24-16-15-21(3)18-28(24)44-32/h4,6-14,19,21H,1,5,15-18,20H2,2-3H3,(H,36,40). The van der Waals surface area contributed by atoms with E-state index in [9.17, 15) is 9.59 Å². The van der Waals surface area contributed by atoms with Crippen molar-refractivity contribution in [3.63, 3.8) is 0 Å². The van der Waals surface area contributed by atoms with Crippen molar-refractivity contribution < 1.29 is 14.3 Å². The fourth-order valence-electron chi connectivity index (χ4n) is 5.56. The minimum atomic E-state index is -0.377. The van der Waals surface area contributed by atoms with Crippen molar-refractivity contribution in [1.82, 2.24) is 19.7 Å². The number of fused-ring (bicyclic) bond motifs is 2. The van der Waals surface area contributed by atoms with Gasteiger partial charge >= 0.3 is 5.97 Å². The number of carbonyl (C=O) groups excluding carboxylic acids is 2. The maximum Gasteiger partial charge on any atom is 0.341 e. The molecule has 0 saturated heterocycles. The summed E-state index contributed by atoms with van der Waals surface area (Å²) < 4.78 is 7.33. The number of amides is 1. The highest BCUT2D eigenvalue weighted by molar-refractivity contribution is 7.99. The van der Waals surface area contributed by atoms with E-state index in [0.29, 0.717) is 34.0 Å². The van der Waals surface area contributed by atoms with Gasteiger partial charge in [-0.1, -0.05) is 73.3 Å². The lowest BCUT2D eigenvalue weighted by Crippen LogP contribution is -2.18. The molecule has 1 unspecified atom stereocenters. The fraction of sp³-hybridized carbons (Fsp3) is 0.265. The van der Waals surface area contributed by atoms with E-state index in [-0.39, 0.29) is 24.2 Å². The zero-order valence-electron chi connectivity index (χ0n) is 24.7. The first-order valence-corrected chi connectivity index (χ1v) is 16.5. The molecule has 0 aliphatic heterocycles.